The molecule has 1 aromatic carbocycles. The van der Waals surface area contributed by atoms with Crippen LogP contribution in [0.3, 0.4) is 0 Å². The van der Waals surface area contributed by atoms with Crippen molar-refractivity contribution in [3.05, 3.63) is 18.2 Å². The molecule has 28 heavy (non-hydrogen) atoms. The molecule has 9 nitrogen and oxygen atoms in total. The van der Waals surface area contributed by atoms with E-state index in [0.29, 0.717) is 18.8 Å². The highest BCUT2D eigenvalue weighted by molar-refractivity contribution is 7.89. The Balaban J connectivity index is 2.86. The summed E-state index contributed by atoms with van der Waals surface area (Å²) in [6.07, 6.45) is 0. The molecule has 0 spiro atoms. The maximum Gasteiger partial charge on any atom is 0.246 e. The number of methoxy groups -OCH3 is 1. The zero-order valence-electron chi connectivity index (χ0n) is 17.4. The molecule has 0 aliphatic rings. The molecule has 0 fully saturated rings. The quantitative estimate of drug-likeness (QED) is 0.605. The van der Waals surface area contributed by atoms with E-state index in [4.69, 9.17) is 4.74 Å². The number of ether oxygens (including phenoxy) is 1. The summed E-state index contributed by atoms with van der Waals surface area (Å²) in [5.41, 5.74) is 0.328. The third-order valence-electron chi connectivity index (χ3n) is 4.14. The fourth-order valence-corrected chi connectivity index (χ4v) is 3.64. The van der Waals surface area contributed by atoms with E-state index < -0.39 is 10.0 Å². The lowest BCUT2D eigenvalue weighted by Gasteiger charge is -2.22. The van der Waals surface area contributed by atoms with Gasteiger partial charge in [-0.15, -0.1) is 0 Å². The third-order valence-corrected chi connectivity index (χ3v) is 5.98. The van der Waals surface area contributed by atoms with Gasteiger partial charge in [0, 0.05) is 32.9 Å². The van der Waals surface area contributed by atoms with Gasteiger partial charge >= 0.3 is 0 Å². The first kappa shape index (κ1) is 23.9. The highest BCUT2D eigenvalue weighted by Crippen LogP contribution is 2.28. The highest BCUT2D eigenvalue weighted by Gasteiger charge is 2.23. The molecule has 0 atom stereocenters. The molecule has 0 radical (unpaired) electrons. The van der Waals surface area contributed by atoms with Crippen molar-refractivity contribution in [2.45, 2.75) is 18.7 Å². The number of carbonyl (C=O) groups is 2. The predicted octanol–water partition coefficient (Wildman–Crippen LogP) is 0.684. The van der Waals surface area contributed by atoms with E-state index in [-0.39, 0.29) is 35.5 Å². The molecule has 0 aromatic heterocycles. The number of rotatable bonds is 10. The molecule has 0 bridgehead atoms. The molecular formula is C18H30N4O5S. The number of hydrogen-bond acceptors (Lipinski definition) is 6. The van der Waals surface area contributed by atoms with Gasteiger partial charge in [-0.05, 0) is 39.1 Å². The van der Waals surface area contributed by atoms with Crippen LogP contribution < -0.4 is 10.1 Å². The molecule has 1 rings (SSSR count). The number of benzene rings is 1. The van der Waals surface area contributed by atoms with Crippen LogP contribution in [-0.4, -0.2) is 88.8 Å². The Bertz CT molecular complexity index is 791. The lowest BCUT2D eigenvalue weighted by atomic mass is 10.3. The number of hydrogen-bond donors (Lipinski definition) is 1. The second kappa shape index (κ2) is 10.4. The largest absolute Gasteiger partial charge is 0.495 e. The van der Waals surface area contributed by atoms with E-state index in [0.717, 1.165) is 4.31 Å². The molecule has 10 heteroatoms. The number of amides is 2. The van der Waals surface area contributed by atoms with Crippen molar-refractivity contribution in [2.75, 3.05) is 59.7 Å². The van der Waals surface area contributed by atoms with Gasteiger partial charge in [-0.3, -0.25) is 14.5 Å². The van der Waals surface area contributed by atoms with Crippen LogP contribution in [0.15, 0.2) is 23.1 Å². The lowest BCUT2D eigenvalue weighted by Crippen LogP contribution is -2.41. The van der Waals surface area contributed by atoms with Crippen LogP contribution in [0.1, 0.15) is 13.8 Å². The molecule has 0 saturated heterocycles. The fraction of sp³-hybridized carbons (Fsp3) is 0.556. The minimum Gasteiger partial charge on any atom is -0.495 e. The van der Waals surface area contributed by atoms with Crippen LogP contribution in [0.5, 0.6) is 5.75 Å². The van der Waals surface area contributed by atoms with Gasteiger partial charge in [0.2, 0.25) is 21.8 Å². The average molecular weight is 415 g/mol. The summed E-state index contributed by atoms with van der Waals surface area (Å²) in [4.78, 5) is 27.7. The Morgan fingerprint density at radius 2 is 1.68 bits per heavy atom. The number of carbonyl (C=O) groups excluding carboxylic acids is 2. The standard InChI is InChI=1S/C18H30N4O5S/c1-7-22(8-2)18(24)13-21(5)12-17(23)19-14-9-10-15(27-6)16(11-14)28(25,26)20(3)4/h9-11H,7-8,12-13H2,1-6H3,(H,19,23). The van der Waals surface area contributed by atoms with Crippen molar-refractivity contribution in [1.29, 1.82) is 0 Å². The molecule has 0 saturated carbocycles. The number of nitrogens with one attached hydrogen (secondary N) is 1. The second-order valence-electron chi connectivity index (χ2n) is 6.44. The first-order chi connectivity index (χ1) is 13.1. The van der Waals surface area contributed by atoms with E-state index in [1.165, 1.54) is 33.3 Å². The Morgan fingerprint density at radius 3 is 2.18 bits per heavy atom. The topological polar surface area (TPSA) is 99.3 Å². The minimum atomic E-state index is -3.74. The van der Waals surface area contributed by atoms with Crippen molar-refractivity contribution in [3.8, 4) is 5.75 Å². The van der Waals surface area contributed by atoms with Crippen LogP contribution in [0.2, 0.25) is 0 Å². The number of anilines is 1. The maximum atomic E-state index is 12.5. The Hall–Kier alpha value is -2.17. The van der Waals surface area contributed by atoms with Gasteiger partial charge in [0.1, 0.15) is 10.6 Å². The van der Waals surface area contributed by atoms with Crippen molar-refractivity contribution < 1.29 is 22.7 Å². The van der Waals surface area contributed by atoms with Crippen LogP contribution in [-0.2, 0) is 19.6 Å². The molecule has 0 heterocycles. The van der Waals surface area contributed by atoms with Gasteiger partial charge in [0.05, 0.1) is 20.2 Å². The smallest absolute Gasteiger partial charge is 0.246 e. The van der Waals surface area contributed by atoms with E-state index >= 15 is 0 Å². The molecule has 1 aromatic rings. The van der Waals surface area contributed by atoms with Crippen LogP contribution in [0.4, 0.5) is 5.69 Å². The summed E-state index contributed by atoms with van der Waals surface area (Å²) in [6, 6.07) is 4.40. The van der Waals surface area contributed by atoms with Crippen molar-refractivity contribution in [2.24, 2.45) is 0 Å². The minimum absolute atomic E-state index is 0.00516. The summed E-state index contributed by atoms with van der Waals surface area (Å²) in [5, 5.41) is 2.66. The number of nitrogens with zero attached hydrogens (tertiary/aromatic N) is 3. The first-order valence-electron chi connectivity index (χ1n) is 8.93. The van der Waals surface area contributed by atoms with Crippen LogP contribution in [0.25, 0.3) is 0 Å². The predicted molar refractivity (Wildman–Crippen MR) is 108 cm³/mol. The van der Waals surface area contributed by atoms with Crippen LogP contribution in [0, 0.1) is 0 Å². The summed E-state index contributed by atoms with van der Waals surface area (Å²) in [7, 11) is 2.16. The van der Waals surface area contributed by atoms with Crippen molar-refractivity contribution >= 4 is 27.5 Å². The summed E-state index contributed by atoms with van der Waals surface area (Å²) < 4.78 is 31.1. The van der Waals surface area contributed by atoms with Crippen LogP contribution >= 0.6 is 0 Å². The molecule has 0 aliphatic heterocycles. The van der Waals surface area contributed by atoms with Gasteiger partial charge in [0.15, 0.2) is 0 Å². The van der Waals surface area contributed by atoms with E-state index in [1.807, 2.05) is 13.8 Å². The molecular weight excluding hydrogens is 384 g/mol. The zero-order chi connectivity index (χ0) is 21.5. The van der Waals surface area contributed by atoms with Gasteiger partial charge in [-0.25, -0.2) is 12.7 Å². The Morgan fingerprint density at radius 1 is 1.07 bits per heavy atom. The van der Waals surface area contributed by atoms with E-state index in [9.17, 15) is 18.0 Å². The Kier molecular flexibility index (Phi) is 8.86. The van der Waals surface area contributed by atoms with Gasteiger partial charge in [-0.1, -0.05) is 0 Å². The van der Waals surface area contributed by atoms with Crippen molar-refractivity contribution in [3.63, 3.8) is 0 Å². The van der Waals surface area contributed by atoms with Gasteiger partial charge in [0.25, 0.3) is 0 Å². The average Bonchev–Trinajstić information content (AvgIpc) is 2.62. The number of sulfonamides is 1. The van der Waals surface area contributed by atoms with E-state index in [1.54, 1.807) is 22.9 Å². The normalized spacial score (nSPS) is 11.6. The molecule has 1 N–H and O–H groups in total. The highest BCUT2D eigenvalue weighted by atomic mass is 32.2. The SMILES string of the molecule is CCN(CC)C(=O)CN(C)CC(=O)Nc1ccc(OC)c(S(=O)(=O)N(C)C)c1. The van der Waals surface area contributed by atoms with Crippen molar-refractivity contribution in [1.82, 2.24) is 14.1 Å². The molecule has 2 amide bonds. The van der Waals surface area contributed by atoms with Gasteiger partial charge < -0.3 is 15.0 Å². The monoisotopic (exact) mass is 414 g/mol. The summed E-state index contributed by atoms with van der Waals surface area (Å²) >= 11 is 0. The third kappa shape index (κ3) is 6.18. The number of likely N-dealkylation sites (N-methyl/N-ethyl adjacent to an activating group) is 2. The lowest BCUT2D eigenvalue weighted by molar-refractivity contribution is -0.132. The van der Waals surface area contributed by atoms with E-state index in [2.05, 4.69) is 5.32 Å². The summed E-state index contributed by atoms with van der Waals surface area (Å²) in [5.74, 6) is -0.217. The fourth-order valence-electron chi connectivity index (χ4n) is 2.56. The van der Waals surface area contributed by atoms with Gasteiger partial charge in [-0.2, -0.15) is 0 Å². The Labute approximate surface area is 167 Å². The molecule has 0 unspecified atom stereocenters. The molecule has 158 valence electrons. The second-order valence-corrected chi connectivity index (χ2v) is 8.56. The zero-order valence-corrected chi connectivity index (χ0v) is 18.2. The molecule has 0 aliphatic carbocycles. The first-order valence-corrected chi connectivity index (χ1v) is 10.4. The maximum absolute atomic E-state index is 12.5. The summed E-state index contributed by atoms with van der Waals surface area (Å²) in [6.45, 7) is 5.15.